The fourth-order valence-electron chi connectivity index (χ4n) is 3.82. The van der Waals surface area contributed by atoms with Crippen molar-refractivity contribution < 1.29 is 9.18 Å². The highest BCUT2D eigenvalue weighted by Gasteiger charge is 2.25. The highest BCUT2D eigenvalue weighted by Crippen LogP contribution is 2.20. The van der Waals surface area contributed by atoms with Crippen LogP contribution in [0.4, 0.5) is 10.1 Å². The molecule has 0 radical (unpaired) electrons. The molecule has 30 heavy (non-hydrogen) atoms. The molecule has 3 rings (SSSR count). The van der Waals surface area contributed by atoms with Crippen molar-refractivity contribution >= 4 is 17.6 Å². The van der Waals surface area contributed by atoms with Crippen molar-refractivity contribution in [3.63, 3.8) is 0 Å². The summed E-state index contributed by atoms with van der Waals surface area (Å²) in [5, 5.41) is 6.39. The zero-order chi connectivity index (χ0) is 21.5. The van der Waals surface area contributed by atoms with Gasteiger partial charge in [-0.05, 0) is 44.4 Å². The van der Waals surface area contributed by atoms with E-state index in [0.29, 0.717) is 24.8 Å². The summed E-state index contributed by atoms with van der Waals surface area (Å²) in [6.07, 6.45) is 2.23. The molecule has 1 aliphatic heterocycles. The summed E-state index contributed by atoms with van der Waals surface area (Å²) in [4.78, 5) is 22.8. The number of nitrogens with one attached hydrogen (secondary N) is 2. The minimum absolute atomic E-state index is 0.128. The zero-order valence-electron chi connectivity index (χ0n) is 18.5. The van der Waals surface area contributed by atoms with Crippen LogP contribution in [0.25, 0.3) is 0 Å². The van der Waals surface area contributed by atoms with Gasteiger partial charge in [0.05, 0.1) is 12.2 Å². The molecule has 2 N–H and O–H groups in total. The molecule has 1 aromatic rings. The largest absolute Gasteiger partial charge is 0.370 e. The van der Waals surface area contributed by atoms with Gasteiger partial charge in [-0.1, -0.05) is 6.07 Å². The third-order valence-electron chi connectivity index (χ3n) is 5.76. The van der Waals surface area contributed by atoms with E-state index in [1.54, 1.807) is 13.1 Å². The molecule has 1 saturated heterocycles. The first-order valence-corrected chi connectivity index (χ1v) is 11.0. The van der Waals surface area contributed by atoms with Crippen molar-refractivity contribution in [3.05, 3.63) is 29.6 Å². The van der Waals surface area contributed by atoms with Gasteiger partial charge in [0, 0.05) is 58.9 Å². The number of aliphatic imine (C=N–C) groups is 1. The lowest BCUT2D eigenvalue weighted by atomic mass is 10.1. The smallest absolute Gasteiger partial charge is 0.234 e. The Hall–Kier alpha value is -2.35. The van der Waals surface area contributed by atoms with Crippen molar-refractivity contribution in [1.82, 2.24) is 20.4 Å². The molecule has 166 valence electrons. The summed E-state index contributed by atoms with van der Waals surface area (Å²) in [7, 11) is 1.77. The maximum atomic E-state index is 14.5. The average molecular weight is 419 g/mol. The molecule has 1 heterocycles. The Labute approximate surface area is 179 Å². The summed E-state index contributed by atoms with van der Waals surface area (Å²) in [5.74, 6) is 0.750. The first-order valence-electron chi connectivity index (χ1n) is 11.0. The fraction of sp³-hybridized carbons (Fsp3) is 0.636. The molecule has 0 aromatic heterocycles. The normalized spacial score (nSPS) is 17.7. The number of carbonyl (C=O) groups excluding carboxylic acids is 1. The van der Waals surface area contributed by atoms with Gasteiger partial charge in [-0.2, -0.15) is 0 Å². The summed E-state index contributed by atoms with van der Waals surface area (Å²) in [6.45, 7) is 9.89. The summed E-state index contributed by atoms with van der Waals surface area (Å²) >= 11 is 0. The van der Waals surface area contributed by atoms with Crippen LogP contribution in [-0.4, -0.2) is 80.6 Å². The molecule has 1 saturated carbocycles. The molecular weight excluding hydrogens is 383 g/mol. The monoisotopic (exact) mass is 418 g/mol. The Morgan fingerprint density at radius 3 is 2.47 bits per heavy atom. The van der Waals surface area contributed by atoms with E-state index in [4.69, 9.17) is 0 Å². The van der Waals surface area contributed by atoms with E-state index < -0.39 is 0 Å². The Bertz CT molecular complexity index is 739. The highest BCUT2D eigenvalue weighted by atomic mass is 19.1. The summed E-state index contributed by atoms with van der Waals surface area (Å²) in [6, 6.07) is 5.83. The van der Waals surface area contributed by atoms with Gasteiger partial charge < -0.3 is 20.4 Å². The van der Waals surface area contributed by atoms with Gasteiger partial charge in [-0.3, -0.25) is 14.7 Å². The number of piperazine rings is 1. The number of hydrogen-bond donors (Lipinski definition) is 2. The molecular formula is C22H35FN6O. The quantitative estimate of drug-likeness (QED) is 0.497. The van der Waals surface area contributed by atoms with Crippen LogP contribution in [-0.2, 0) is 11.3 Å². The van der Waals surface area contributed by atoms with E-state index in [1.165, 1.54) is 0 Å². The minimum Gasteiger partial charge on any atom is -0.370 e. The second-order valence-corrected chi connectivity index (χ2v) is 7.96. The third kappa shape index (κ3) is 6.08. The number of nitrogens with zero attached hydrogens (tertiary/aromatic N) is 4. The lowest BCUT2D eigenvalue weighted by molar-refractivity contribution is -0.122. The summed E-state index contributed by atoms with van der Waals surface area (Å²) < 4.78 is 14.5. The number of rotatable bonds is 8. The molecule has 1 aliphatic carbocycles. The number of carbonyl (C=O) groups is 1. The van der Waals surface area contributed by atoms with E-state index in [-0.39, 0.29) is 11.7 Å². The van der Waals surface area contributed by atoms with Gasteiger partial charge in [0.2, 0.25) is 5.91 Å². The molecule has 7 nitrogen and oxygen atoms in total. The number of anilines is 1. The number of amides is 1. The van der Waals surface area contributed by atoms with Gasteiger partial charge in [0.15, 0.2) is 5.96 Å². The van der Waals surface area contributed by atoms with Crippen molar-refractivity contribution in [2.24, 2.45) is 4.99 Å². The Kier molecular flexibility index (Phi) is 7.90. The molecule has 2 fully saturated rings. The summed E-state index contributed by atoms with van der Waals surface area (Å²) in [5.41, 5.74) is 1.54. The molecule has 1 amide bonds. The van der Waals surface area contributed by atoms with Crippen molar-refractivity contribution in [3.8, 4) is 0 Å². The predicted octanol–water partition coefficient (Wildman–Crippen LogP) is 1.64. The maximum Gasteiger partial charge on any atom is 0.234 e. The van der Waals surface area contributed by atoms with E-state index in [9.17, 15) is 9.18 Å². The van der Waals surface area contributed by atoms with Crippen LogP contribution in [0.5, 0.6) is 0 Å². The van der Waals surface area contributed by atoms with Crippen molar-refractivity contribution in [2.45, 2.75) is 39.3 Å². The van der Waals surface area contributed by atoms with Crippen LogP contribution in [0.2, 0.25) is 0 Å². The molecule has 2 aliphatic rings. The predicted molar refractivity (Wildman–Crippen MR) is 119 cm³/mol. The zero-order valence-corrected chi connectivity index (χ0v) is 18.5. The maximum absolute atomic E-state index is 14.5. The Morgan fingerprint density at radius 2 is 1.90 bits per heavy atom. The molecule has 0 unspecified atom stereocenters. The highest BCUT2D eigenvalue weighted by molar-refractivity contribution is 5.80. The molecule has 1 aromatic carbocycles. The van der Waals surface area contributed by atoms with E-state index in [1.807, 2.05) is 30.9 Å². The second kappa shape index (κ2) is 10.6. The molecule has 0 bridgehead atoms. The first kappa shape index (κ1) is 22.3. The first-order chi connectivity index (χ1) is 14.5. The van der Waals surface area contributed by atoms with Crippen molar-refractivity contribution in [1.29, 1.82) is 0 Å². The van der Waals surface area contributed by atoms with Gasteiger partial charge in [0.25, 0.3) is 0 Å². The van der Waals surface area contributed by atoms with Gasteiger partial charge in [0.1, 0.15) is 5.82 Å². The average Bonchev–Trinajstić information content (AvgIpc) is 3.55. The number of hydrogen-bond acceptors (Lipinski definition) is 4. The van der Waals surface area contributed by atoms with Crippen LogP contribution < -0.4 is 15.5 Å². The van der Waals surface area contributed by atoms with E-state index in [0.717, 1.165) is 63.6 Å². The topological polar surface area (TPSA) is 63.2 Å². The van der Waals surface area contributed by atoms with Crippen LogP contribution in [0.15, 0.2) is 23.2 Å². The molecule has 0 atom stereocenters. The lowest BCUT2D eigenvalue weighted by Crippen LogP contribution is -2.54. The fourth-order valence-corrected chi connectivity index (χ4v) is 3.82. The number of halogens is 1. The molecule has 8 heteroatoms. The van der Waals surface area contributed by atoms with Gasteiger partial charge in [-0.15, -0.1) is 0 Å². The second-order valence-electron chi connectivity index (χ2n) is 7.96. The van der Waals surface area contributed by atoms with Gasteiger partial charge in [-0.25, -0.2) is 4.39 Å². The van der Waals surface area contributed by atoms with Crippen LogP contribution >= 0.6 is 0 Å². The van der Waals surface area contributed by atoms with Crippen LogP contribution in [0.3, 0.4) is 0 Å². The standard InChI is InChI=1S/C22H35FN6O/c1-4-28(5-2)20-9-6-17(14-19(20)23)15-25-22(24-3)29-12-10-27(11-13-29)16-21(30)26-18-7-8-18/h6,9,14,18H,4-5,7-8,10-13,15-16H2,1-3H3,(H,24,25)(H,26,30). The third-order valence-corrected chi connectivity index (χ3v) is 5.76. The number of guanidine groups is 1. The lowest BCUT2D eigenvalue weighted by Gasteiger charge is -2.36. The van der Waals surface area contributed by atoms with E-state index >= 15 is 0 Å². The van der Waals surface area contributed by atoms with Gasteiger partial charge >= 0.3 is 0 Å². The Balaban J connectivity index is 1.47. The minimum atomic E-state index is -0.189. The molecule has 0 spiro atoms. The van der Waals surface area contributed by atoms with Crippen LogP contribution in [0.1, 0.15) is 32.3 Å². The Morgan fingerprint density at radius 1 is 1.20 bits per heavy atom. The van der Waals surface area contributed by atoms with Crippen molar-refractivity contribution in [2.75, 3.05) is 57.8 Å². The van der Waals surface area contributed by atoms with E-state index in [2.05, 4.69) is 25.4 Å². The number of benzene rings is 1. The van der Waals surface area contributed by atoms with Crippen LogP contribution in [0, 0.1) is 5.82 Å². The SMILES string of the molecule is CCN(CC)c1ccc(CNC(=NC)N2CCN(CC(=O)NC3CC3)CC2)cc1F.